The van der Waals surface area contributed by atoms with Crippen LogP contribution in [0, 0.1) is 13.8 Å². The number of nitrogens with one attached hydrogen (secondary N) is 1. The summed E-state index contributed by atoms with van der Waals surface area (Å²) in [5.74, 6) is -0.980. The van der Waals surface area contributed by atoms with Gasteiger partial charge in [-0.2, -0.15) is 0 Å². The maximum Gasteiger partial charge on any atom is 0.275 e. The van der Waals surface area contributed by atoms with Crippen LogP contribution in [-0.4, -0.2) is 22.4 Å². The van der Waals surface area contributed by atoms with Gasteiger partial charge in [0.15, 0.2) is 11.4 Å². The van der Waals surface area contributed by atoms with Crippen molar-refractivity contribution in [3.63, 3.8) is 0 Å². The fourth-order valence-electron chi connectivity index (χ4n) is 4.85. The molecule has 0 bridgehead atoms. The average molecular weight is 401 g/mol. The molecule has 2 aromatic carbocycles. The van der Waals surface area contributed by atoms with Gasteiger partial charge in [0.05, 0.1) is 6.04 Å². The summed E-state index contributed by atoms with van der Waals surface area (Å²) in [7, 11) is 0. The van der Waals surface area contributed by atoms with Gasteiger partial charge in [-0.25, -0.2) is 0 Å². The lowest BCUT2D eigenvalue weighted by Crippen LogP contribution is -2.53. The second kappa shape index (κ2) is 6.76. The number of amides is 1. The lowest BCUT2D eigenvalue weighted by molar-refractivity contribution is 0.0915. The Morgan fingerprint density at radius 3 is 2.13 bits per heavy atom. The van der Waals surface area contributed by atoms with E-state index < -0.39 is 17.1 Å². The van der Waals surface area contributed by atoms with Crippen LogP contribution >= 0.6 is 0 Å². The zero-order valence-electron chi connectivity index (χ0n) is 17.0. The van der Waals surface area contributed by atoms with Gasteiger partial charge in [-0.1, -0.05) is 36.4 Å². The highest BCUT2D eigenvalue weighted by Crippen LogP contribution is 2.39. The first kappa shape index (κ1) is 18.5. The number of aromatic nitrogens is 1. The Kier molecular flexibility index (Phi) is 4.17. The molecule has 1 aliphatic heterocycles. The standard InChI is InChI=1S/C24H23N3O3/c1-14-5-3-7-18-16(14)9-10-17-15(2)6-4-8-19(17)21(18)27-13-25-24(30)22-23(29)20(28)11-12-26(22)27/h3-8,11-12,21,29H,9-10,13H2,1-2H3,(H,25,30). The van der Waals surface area contributed by atoms with Gasteiger partial charge in [0.2, 0.25) is 5.43 Å². The first-order chi connectivity index (χ1) is 14.5. The Morgan fingerprint density at radius 1 is 0.933 bits per heavy atom. The Morgan fingerprint density at radius 2 is 1.53 bits per heavy atom. The first-order valence-corrected chi connectivity index (χ1v) is 10.1. The molecule has 2 heterocycles. The van der Waals surface area contributed by atoms with Crippen LogP contribution in [0.5, 0.6) is 5.75 Å². The summed E-state index contributed by atoms with van der Waals surface area (Å²) in [6.45, 7) is 4.53. The van der Waals surface area contributed by atoms with Crippen LogP contribution in [0.4, 0.5) is 0 Å². The molecule has 0 spiro atoms. The predicted octanol–water partition coefficient (Wildman–Crippen LogP) is 2.70. The van der Waals surface area contributed by atoms with Crippen LogP contribution < -0.4 is 15.8 Å². The molecule has 0 atom stereocenters. The Balaban J connectivity index is 1.80. The fourth-order valence-corrected chi connectivity index (χ4v) is 4.85. The third kappa shape index (κ3) is 2.64. The molecule has 1 aromatic heterocycles. The molecule has 0 saturated heterocycles. The quantitative estimate of drug-likeness (QED) is 0.658. The van der Waals surface area contributed by atoms with Crippen molar-refractivity contribution in [3.8, 4) is 5.75 Å². The Hall–Kier alpha value is -3.54. The number of aromatic hydroxyl groups is 1. The van der Waals surface area contributed by atoms with E-state index in [9.17, 15) is 14.7 Å². The number of carbonyl (C=O) groups excluding carboxylic acids is 1. The number of pyridine rings is 1. The summed E-state index contributed by atoms with van der Waals surface area (Å²) >= 11 is 0. The third-order valence-electron chi connectivity index (χ3n) is 6.35. The SMILES string of the molecule is Cc1cccc2c1CCc1c(C)cccc1C2N1CNC(=O)c2c(O)c(=O)ccn21. The number of aryl methyl sites for hydroxylation is 2. The summed E-state index contributed by atoms with van der Waals surface area (Å²) < 4.78 is 1.63. The topological polar surface area (TPSA) is 74.6 Å². The van der Waals surface area contributed by atoms with Crippen LogP contribution in [0.1, 0.15) is 49.9 Å². The lowest BCUT2D eigenvalue weighted by atomic mass is 9.91. The van der Waals surface area contributed by atoms with E-state index in [4.69, 9.17) is 0 Å². The number of hydrogen-bond acceptors (Lipinski definition) is 4. The number of nitrogens with zero attached hydrogens (tertiary/aromatic N) is 2. The summed E-state index contributed by atoms with van der Waals surface area (Å²) in [5, 5.41) is 15.2. The van der Waals surface area contributed by atoms with Crippen LogP contribution in [0.25, 0.3) is 0 Å². The molecule has 3 aromatic rings. The minimum atomic E-state index is -0.563. The predicted molar refractivity (Wildman–Crippen MR) is 115 cm³/mol. The normalized spacial score (nSPS) is 15.7. The maximum atomic E-state index is 12.5. The third-order valence-corrected chi connectivity index (χ3v) is 6.35. The van der Waals surface area contributed by atoms with E-state index in [1.165, 1.54) is 39.4 Å². The van der Waals surface area contributed by atoms with Crippen molar-refractivity contribution in [2.45, 2.75) is 32.7 Å². The second-order valence-electron chi connectivity index (χ2n) is 8.01. The van der Waals surface area contributed by atoms with E-state index in [0.717, 1.165) is 12.8 Å². The second-order valence-corrected chi connectivity index (χ2v) is 8.01. The highest BCUT2D eigenvalue weighted by Gasteiger charge is 2.35. The molecule has 0 saturated carbocycles. The summed E-state index contributed by atoms with van der Waals surface area (Å²) in [5.41, 5.74) is 6.87. The van der Waals surface area contributed by atoms with Gasteiger partial charge in [-0.3, -0.25) is 19.3 Å². The van der Waals surface area contributed by atoms with E-state index >= 15 is 0 Å². The van der Waals surface area contributed by atoms with Crippen molar-refractivity contribution in [1.29, 1.82) is 0 Å². The Bertz CT molecular complexity index is 1190. The molecule has 1 aliphatic carbocycles. The molecule has 2 N–H and O–H groups in total. The molecule has 152 valence electrons. The largest absolute Gasteiger partial charge is 0.502 e. The number of hydrogen-bond donors (Lipinski definition) is 2. The molecule has 6 heteroatoms. The smallest absolute Gasteiger partial charge is 0.275 e. The molecular formula is C24H23N3O3. The highest BCUT2D eigenvalue weighted by atomic mass is 16.3. The zero-order chi connectivity index (χ0) is 21.0. The fraction of sp³-hybridized carbons (Fsp3) is 0.250. The number of carbonyl (C=O) groups is 1. The molecule has 0 radical (unpaired) electrons. The van der Waals surface area contributed by atoms with Crippen LogP contribution in [0.3, 0.4) is 0 Å². The lowest BCUT2D eigenvalue weighted by Gasteiger charge is -2.40. The van der Waals surface area contributed by atoms with E-state index in [-0.39, 0.29) is 18.4 Å². The molecule has 1 amide bonds. The van der Waals surface area contributed by atoms with Gasteiger partial charge in [0, 0.05) is 12.3 Å². The van der Waals surface area contributed by atoms with Gasteiger partial charge >= 0.3 is 0 Å². The maximum absolute atomic E-state index is 12.5. The number of fused-ring (bicyclic) bond motifs is 3. The monoisotopic (exact) mass is 401 g/mol. The average Bonchev–Trinajstić information content (AvgIpc) is 2.90. The minimum absolute atomic E-state index is 0.0265. The molecular weight excluding hydrogens is 378 g/mol. The van der Waals surface area contributed by atoms with Crippen molar-refractivity contribution >= 4 is 5.91 Å². The Labute approximate surface area is 174 Å². The van der Waals surface area contributed by atoms with Crippen LogP contribution in [0.15, 0.2) is 53.5 Å². The molecule has 0 fully saturated rings. The summed E-state index contributed by atoms with van der Waals surface area (Å²) in [4.78, 5) is 24.5. The van der Waals surface area contributed by atoms with E-state index in [1.807, 2.05) is 5.01 Å². The van der Waals surface area contributed by atoms with Gasteiger partial charge in [-0.05, 0) is 60.1 Å². The van der Waals surface area contributed by atoms with Crippen molar-refractivity contribution < 1.29 is 9.90 Å². The van der Waals surface area contributed by atoms with Crippen LogP contribution in [-0.2, 0) is 12.8 Å². The molecule has 2 aliphatic rings. The van der Waals surface area contributed by atoms with E-state index in [1.54, 1.807) is 10.9 Å². The van der Waals surface area contributed by atoms with Gasteiger partial charge < -0.3 is 10.4 Å². The van der Waals surface area contributed by atoms with E-state index in [2.05, 4.69) is 55.6 Å². The van der Waals surface area contributed by atoms with Gasteiger partial charge in [0.25, 0.3) is 5.91 Å². The van der Waals surface area contributed by atoms with Crippen molar-refractivity contribution in [2.24, 2.45) is 0 Å². The highest BCUT2D eigenvalue weighted by molar-refractivity contribution is 5.96. The zero-order valence-corrected chi connectivity index (χ0v) is 17.0. The van der Waals surface area contributed by atoms with Crippen molar-refractivity contribution in [3.05, 3.63) is 98.0 Å². The molecule has 6 nitrogen and oxygen atoms in total. The van der Waals surface area contributed by atoms with E-state index in [0.29, 0.717) is 0 Å². The summed E-state index contributed by atoms with van der Waals surface area (Å²) in [6, 6.07) is 13.8. The first-order valence-electron chi connectivity index (χ1n) is 10.1. The van der Waals surface area contributed by atoms with Crippen molar-refractivity contribution in [1.82, 2.24) is 9.99 Å². The van der Waals surface area contributed by atoms with Crippen LogP contribution in [0.2, 0.25) is 0 Å². The minimum Gasteiger partial charge on any atom is -0.502 e. The molecule has 30 heavy (non-hydrogen) atoms. The summed E-state index contributed by atoms with van der Waals surface area (Å²) in [6.07, 6.45) is 3.46. The van der Waals surface area contributed by atoms with Crippen molar-refractivity contribution in [2.75, 3.05) is 11.7 Å². The van der Waals surface area contributed by atoms with Gasteiger partial charge in [0.1, 0.15) is 6.67 Å². The molecule has 0 unspecified atom stereocenters. The number of benzene rings is 2. The van der Waals surface area contributed by atoms with Gasteiger partial charge in [-0.15, -0.1) is 0 Å². The number of rotatable bonds is 1. The molecule has 5 rings (SSSR count).